The second kappa shape index (κ2) is 10.6. The molecule has 8 nitrogen and oxygen atoms in total. The normalized spacial score (nSPS) is 11.3. The summed E-state index contributed by atoms with van der Waals surface area (Å²) in [6.07, 6.45) is 4.65. The van der Waals surface area contributed by atoms with Gasteiger partial charge in [0.15, 0.2) is 0 Å². The molecule has 0 saturated heterocycles. The van der Waals surface area contributed by atoms with Gasteiger partial charge < -0.3 is 9.47 Å². The number of benzene rings is 2. The molecule has 0 aliphatic rings. The lowest BCUT2D eigenvalue weighted by molar-refractivity contribution is 0.339. The number of rotatable bonds is 9. The van der Waals surface area contributed by atoms with Crippen molar-refractivity contribution in [2.24, 2.45) is 10.2 Å². The Morgan fingerprint density at radius 3 is 2.17 bits per heavy atom. The Bertz CT molecular complexity index is 1050. The van der Waals surface area contributed by atoms with Gasteiger partial charge in [-0.2, -0.15) is 14.9 Å². The van der Waals surface area contributed by atoms with Crippen molar-refractivity contribution in [1.29, 1.82) is 0 Å². The highest BCUT2D eigenvalue weighted by atomic mass is 35.5. The van der Waals surface area contributed by atoms with Crippen molar-refractivity contribution in [3.8, 4) is 11.5 Å². The van der Waals surface area contributed by atoms with Crippen LogP contribution in [-0.4, -0.2) is 40.5 Å². The number of nitrogens with zero attached hydrogens (tertiary/aromatic N) is 5. The van der Waals surface area contributed by atoms with Gasteiger partial charge in [0.25, 0.3) is 5.95 Å². The van der Waals surface area contributed by atoms with E-state index in [1.54, 1.807) is 48.8 Å². The van der Waals surface area contributed by atoms with E-state index in [1.807, 2.05) is 13.8 Å². The molecule has 30 heavy (non-hydrogen) atoms. The fourth-order valence-electron chi connectivity index (χ4n) is 2.49. The van der Waals surface area contributed by atoms with E-state index in [2.05, 4.69) is 25.8 Å². The van der Waals surface area contributed by atoms with Crippen LogP contribution >= 0.6 is 23.2 Å². The minimum absolute atomic E-state index is 0.322. The minimum atomic E-state index is 0.322. The Hall–Kier alpha value is -3.10. The van der Waals surface area contributed by atoms with E-state index in [-0.39, 0.29) is 0 Å². The van der Waals surface area contributed by atoms with Crippen LogP contribution in [0.2, 0.25) is 10.0 Å². The number of ether oxygens (including phenoxy) is 2. The predicted molar refractivity (Wildman–Crippen MR) is 119 cm³/mol. The number of halogens is 2. The Kier molecular flexibility index (Phi) is 7.64. The van der Waals surface area contributed by atoms with Gasteiger partial charge in [0, 0.05) is 21.2 Å². The monoisotopic (exact) mass is 446 g/mol. The van der Waals surface area contributed by atoms with Crippen LogP contribution in [0.5, 0.6) is 11.5 Å². The Balaban J connectivity index is 1.76. The molecule has 0 fully saturated rings. The largest absolute Gasteiger partial charge is 0.493 e. The molecular formula is C20H20Cl2N6O2. The lowest BCUT2D eigenvalue weighted by Gasteiger charge is -2.07. The van der Waals surface area contributed by atoms with Gasteiger partial charge in [-0.25, -0.2) is 5.43 Å². The van der Waals surface area contributed by atoms with Gasteiger partial charge in [0.05, 0.1) is 25.6 Å². The highest BCUT2D eigenvalue weighted by Crippen LogP contribution is 2.22. The fourth-order valence-corrected chi connectivity index (χ4v) is 2.85. The first-order valence-corrected chi connectivity index (χ1v) is 9.94. The zero-order valence-corrected chi connectivity index (χ0v) is 17.9. The van der Waals surface area contributed by atoms with E-state index in [0.29, 0.717) is 40.7 Å². The first kappa shape index (κ1) is 21.6. The van der Waals surface area contributed by atoms with Crippen molar-refractivity contribution in [3.05, 3.63) is 63.9 Å². The quantitative estimate of drug-likeness (QED) is 0.379. The maximum atomic E-state index is 6.08. The molecule has 0 atom stereocenters. The van der Waals surface area contributed by atoms with Gasteiger partial charge in [0.1, 0.15) is 17.8 Å². The van der Waals surface area contributed by atoms with Crippen molar-refractivity contribution in [1.82, 2.24) is 14.9 Å². The summed E-state index contributed by atoms with van der Waals surface area (Å²) in [6.45, 7) is 4.88. The van der Waals surface area contributed by atoms with Crippen LogP contribution in [0.25, 0.3) is 0 Å². The zero-order valence-electron chi connectivity index (χ0n) is 16.4. The third kappa shape index (κ3) is 5.71. The Morgan fingerprint density at radius 2 is 1.57 bits per heavy atom. The lowest BCUT2D eigenvalue weighted by atomic mass is 10.2. The van der Waals surface area contributed by atoms with E-state index in [0.717, 1.165) is 11.1 Å². The Labute approximate surface area is 184 Å². The molecule has 0 saturated carbocycles. The molecule has 1 heterocycles. The molecule has 1 N–H and O–H groups in total. The molecule has 3 aromatic rings. The van der Waals surface area contributed by atoms with Crippen LogP contribution in [-0.2, 0) is 0 Å². The van der Waals surface area contributed by atoms with Crippen molar-refractivity contribution >= 4 is 41.6 Å². The molecule has 2 aromatic carbocycles. The maximum absolute atomic E-state index is 6.08. The number of hydrogen-bond donors (Lipinski definition) is 1. The molecule has 0 amide bonds. The SMILES string of the molecule is CCOc1ccc(Cl)cc1C=NNc1nncn1/N=C/c1cc(Cl)ccc1OCC. The second-order valence-electron chi connectivity index (χ2n) is 5.84. The molecule has 0 bridgehead atoms. The summed E-state index contributed by atoms with van der Waals surface area (Å²) in [5, 5.41) is 17.5. The van der Waals surface area contributed by atoms with E-state index < -0.39 is 0 Å². The summed E-state index contributed by atoms with van der Waals surface area (Å²) in [5.41, 5.74) is 4.26. The van der Waals surface area contributed by atoms with Crippen LogP contribution in [0.15, 0.2) is 52.9 Å². The van der Waals surface area contributed by atoms with E-state index in [9.17, 15) is 0 Å². The Morgan fingerprint density at radius 1 is 0.967 bits per heavy atom. The van der Waals surface area contributed by atoms with Crippen molar-refractivity contribution in [3.63, 3.8) is 0 Å². The summed E-state index contributed by atoms with van der Waals surface area (Å²) >= 11 is 12.1. The summed E-state index contributed by atoms with van der Waals surface area (Å²) in [7, 11) is 0. The number of aromatic nitrogens is 3. The summed E-state index contributed by atoms with van der Waals surface area (Å²) < 4.78 is 12.6. The molecule has 10 heteroatoms. The number of hydrazone groups is 1. The number of hydrogen-bond acceptors (Lipinski definition) is 7. The lowest BCUT2D eigenvalue weighted by Crippen LogP contribution is -2.01. The highest BCUT2D eigenvalue weighted by molar-refractivity contribution is 6.31. The third-order valence-electron chi connectivity index (χ3n) is 3.76. The number of anilines is 1. The first-order chi connectivity index (χ1) is 14.6. The van der Waals surface area contributed by atoms with E-state index in [4.69, 9.17) is 32.7 Å². The van der Waals surface area contributed by atoms with Gasteiger partial charge in [-0.3, -0.25) is 0 Å². The molecule has 156 valence electrons. The van der Waals surface area contributed by atoms with Crippen LogP contribution in [0, 0.1) is 0 Å². The molecule has 3 rings (SSSR count). The van der Waals surface area contributed by atoms with Gasteiger partial charge in [0.2, 0.25) is 0 Å². The van der Waals surface area contributed by atoms with Crippen molar-refractivity contribution in [2.45, 2.75) is 13.8 Å². The number of nitrogens with one attached hydrogen (secondary N) is 1. The molecule has 0 aliphatic heterocycles. The van der Waals surface area contributed by atoms with Gasteiger partial charge in [-0.15, -0.1) is 10.2 Å². The molecule has 1 aromatic heterocycles. The minimum Gasteiger partial charge on any atom is -0.493 e. The molecule has 0 spiro atoms. The first-order valence-electron chi connectivity index (χ1n) is 9.18. The van der Waals surface area contributed by atoms with Crippen LogP contribution in [0.3, 0.4) is 0 Å². The molecule has 0 radical (unpaired) electrons. The van der Waals surface area contributed by atoms with Crippen molar-refractivity contribution < 1.29 is 9.47 Å². The van der Waals surface area contributed by atoms with Crippen LogP contribution in [0.1, 0.15) is 25.0 Å². The van der Waals surface area contributed by atoms with Crippen molar-refractivity contribution in [2.75, 3.05) is 18.6 Å². The summed E-state index contributed by atoms with van der Waals surface area (Å²) in [6, 6.07) is 10.6. The van der Waals surface area contributed by atoms with Gasteiger partial charge in [-0.05, 0) is 50.2 Å². The highest BCUT2D eigenvalue weighted by Gasteiger charge is 2.05. The second-order valence-corrected chi connectivity index (χ2v) is 6.72. The molecular weight excluding hydrogens is 427 g/mol. The average molecular weight is 447 g/mol. The molecule has 0 unspecified atom stereocenters. The van der Waals surface area contributed by atoms with Gasteiger partial charge >= 0.3 is 0 Å². The van der Waals surface area contributed by atoms with Gasteiger partial charge in [-0.1, -0.05) is 23.2 Å². The summed E-state index contributed by atoms with van der Waals surface area (Å²) in [4.78, 5) is 0. The van der Waals surface area contributed by atoms with E-state index in [1.165, 1.54) is 11.0 Å². The topological polar surface area (TPSA) is 85.9 Å². The average Bonchev–Trinajstić information content (AvgIpc) is 3.17. The fraction of sp³-hybridized carbons (Fsp3) is 0.200. The molecule has 0 aliphatic carbocycles. The van der Waals surface area contributed by atoms with Crippen LogP contribution < -0.4 is 14.9 Å². The van der Waals surface area contributed by atoms with Crippen LogP contribution in [0.4, 0.5) is 5.95 Å². The zero-order chi connectivity index (χ0) is 21.3. The smallest absolute Gasteiger partial charge is 0.265 e. The third-order valence-corrected chi connectivity index (χ3v) is 4.23. The predicted octanol–water partition coefficient (Wildman–Crippen LogP) is 4.71. The maximum Gasteiger partial charge on any atom is 0.265 e. The van der Waals surface area contributed by atoms with E-state index >= 15 is 0 Å². The standard InChI is InChI=1S/C20H20Cl2N6O2/c1-3-29-18-7-5-16(21)9-14(18)11-23-26-20-27-24-13-28(20)25-12-15-10-17(22)6-8-19(15)30-4-2/h5-13H,3-4H2,1-2H3,(H,26,27)/b23-11?,25-12+. The summed E-state index contributed by atoms with van der Waals surface area (Å²) in [5.74, 6) is 1.68.